The minimum Gasteiger partial charge on any atom is -0.481 e. The lowest BCUT2D eigenvalue weighted by Gasteiger charge is -2.07. The number of hydrogen-bond acceptors (Lipinski definition) is 5. The fraction of sp³-hybridized carbons (Fsp3) is 0.214. The monoisotopic (exact) mass is 305 g/mol. The van der Waals surface area contributed by atoms with Crippen molar-refractivity contribution in [1.82, 2.24) is 9.97 Å². The largest absolute Gasteiger partial charge is 0.481 e. The van der Waals surface area contributed by atoms with Gasteiger partial charge >= 0.3 is 5.97 Å². The second kappa shape index (κ2) is 6.90. The standard InChI is InChI=1S/C14H12ClN3O3/c15-10-3-1-9(2-4-10)12-7-17-13(8-16-12)11(18-21)5-6-14(19)20/h1-4,7-8,11H,5-6H2,(H,19,20). The highest BCUT2D eigenvalue weighted by Crippen LogP contribution is 2.23. The molecule has 0 aliphatic rings. The molecule has 0 amide bonds. The van der Waals surface area contributed by atoms with Crippen LogP contribution in [-0.2, 0) is 4.79 Å². The average molecular weight is 306 g/mol. The highest BCUT2D eigenvalue weighted by atomic mass is 35.5. The molecular formula is C14H12ClN3O3. The van der Waals surface area contributed by atoms with E-state index in [0.29, 0.717) is 16.4 Å². The molecule has 0 fully saturated rings. The van der Waals surface area contributed by atoms with Crippen molar-refractivity contribution < 1.29 is 9.90 Å². The van der Waals surface area contributed by atoms with Crippen LogP contribution in [0.4, 0.5) is 0 Å². The number of rotatable bonds is 6. The number of carboxylic acids is 1. The zero-order valence-electron chi connectivity index (χ0n) is 10.9. The van der Waals surface area contributed by atoms with Crippen LogP contribution >= 0.6 is 11.6 Å². The molecule has 1 atom stereocenters. The van der Waals surface area contributed by atoms with E-state index in [1.165, 1.54) is 12.4 Å². The SMILES string of the molecule is O=NC(CCC(=O)O)c1cnc(-c2ccc(Cl)cc2)cn1. The molecule has 0 saturated carbocycles. The van der Waals surface area contributed by atoms with Crippen molar-refractivity contribution >= 4 is 17.6 Å². The Kier molecular flexibility index (Phi) is 4.94. The molecule has 1 N–H and O–H groups in total. The first-order valence-electron chi connectivity index (χ1n) is 6.22. The van der Waals surface area contributed by atoms with Gasteiger partial charge in [-0.1, -0.05) is 28.9 Å². The highest BCUT2D eigenvalue weighted by Gasteiger charge is 2.16. The topological polar surface area (TPSA) is 92.5 Å². The molecule has 0 radical (unpaired) electrons. The van der Waals surface area contributed by atoms with Crippen LogP contribution in [0.2, 0.25) is 5.02 Å². The molecule has 7 heteroatoms. The smallest absolute Gasteiger partial charge is 0.303 e. The number of carbonyl (C=O) groups is 1. The number of aromatic nitrogens is 2. The molecule has 0 spiro atoms. The van der Waals surface area contributed by atoms with Crippen molar-refractivity contribution in [2.24, 2.45) is 5.18 Å². The summed E-state index contributed by atoms with van der Waals surface area (Å²) in [5.74, 6) is -0.977. The molecule has 21 heavy (non-hydrogen) atoms. The van der Waals surface area contributed by atoms with Crippen molar-refractivity contribution in [1.29, 1.82) is 0 Å². The number of nitroso groups, excluding NO2 is 1. The maximum absolute atomic E-state index is 10.8. The molecule has 2 rings (SSSR count). The van der Waals surface area contributed by atoms with Crippen molar-refractivity contribution in [2.75, 3.05) is 0 Å². The van der Waals surface area contributed by atoms with E-state index < -0.39 is 12.0 Å². The van der Waals surface area contributed by atoms with Gasteiger partial charge in [0.15, 0.2) is 0 Å². The van der Waals surface area contributed by atoms with E-state index in [9.17, 15) is 9.70 Å². The lowest BCUT2D eigenvalue weighted by atomic mass is 10.1. The highest BCUT2D eigenvalue weighted by molar-refractivity contribution is 6.30. The van der Waals surface area contributed by atoms with Crippen molar-refractivity contribution in [2.45, 2.75) is 18.9 Å². The first-order chi connectivity index (χ1) is 10.1. The number of benzene rings is 1. The van der Waals surface area contributed by atoms with Crippen LogP contribution in [0.3, 0.4) is 0 Å². The number of carboxylic acid groups (broad SMARTS) is 1. The lowest BCUT2D eigenvalue weighted by Crippen LogP contribution is -2.03. The average Bonchev–Trinajstić information content (AvgIpc) is 2.49. The lowest BCUT2D eigenvalue weighted by molar-refractivity contribution is -0.137. The second-order valence-electron chi connectivity index (χ2n) is 4.39. The van der Waals surface area contributed by atoms with Crippen molar-refractivity contribution in [3.8, 4) is 11.3 Å². The Balaban J connectivity index is 2.15. The van der Waals surface area contributed by atoms with E-state index >= 15 is 0 Å². The van der Waals surface area contributed by atoms with Crippen molar-refractivity contribution in [3.05, 3.63) is 52.3 Å². The van der Waals surface area contributed by atoms with E-state index in [-0.39, 0.29) is 12.8 Å². The molecule has 1 heterocycles. The second-order valence-corrected chi connectivity index (χ2v) is 4.82. The van der Waals surface area contributed by atoms with Gasteiger partial charge in [0.25, 0.3) is 0 Å². The van der Waals surface area contributed by atoms with Crippen molar-refractivity contribution in [3.63, 3.8) is 0 Å². The Bertz CT molecular complexity index is 629. The Labute approximate surface area is 125 Å². The predicted octanol–water partition coefficient (Wildman–Crippen LogP) is 3.47. The van der Waals surface area contributed by atoms with Crippen LogP contribution in [-0.4, -0.2) is 21.0 Å². The summed E-state index contributed by atoms with van der Waals surface area (Å²) in [5.41, 5.74) is 1.85. The molecule has 0 aliphatic carbocycles. The Morgan fingerprint density at radius 3 is 2.48 bits per heavy atom. The zero-order chi connectivity index (χ0) is 15.2. The Morgan fingerprint density at radius 1 is 1.24 bits per heavy atom. The third kappa shape index (κ3) is 4.06. The molecule has 0 bridgehead atoms. The first-order valence-corrected chi connectivity index (χ1v) is 6.60. The van der Waals surface area contributed by atoms with Crippen LogP contribution in [0.1, 0.15) is 24.6 Å². The summed E-state index contributed by atoms with van der Waals surface area (Å²) in [6, 6.07) is 6.31. The molecule has 1 aromatic carbocycles. The molecule has 6 nitrogen and oxygen atoms in total. The Hall–Kier alpha value is -2.34. The van der Waals surface area contributed by atoms with Crippen LogP contribution in [0.25, 0.3) is 11.3 Å². The van der Waals surface area contributed by atoms with Crippen LogP contribution in [0.15, 0.2) is 41.8 Å². The van der Waals surface area contributed by atoms with E-state index in [2.05, 4.69) is 15.1 Å². The van der Waals surface area contributed by atoms with Gasteiger partial charge in [-0.3, -0.25) is 14.8 Å². The maximum atomic E-state index is 10.8. The molecule has 0 saturated heterocycles. The minimum absolute atomic E-state index is 0.105. The summed E-state index contributed by atoms with van der Waals surface area (Å²) in [4.78, 5) is 29.7. The summed E-state index contributed by atoms with van der Waals surface area (Å²) in [5, 5.41) is 12.2. The Morgan fingerprint density at radius 2 is 1.95 bits per heavy atom. The molecule has 1 unspecified atom stereocenters. The molecular weight excluding hydrogens is 294 g/mol. The van der Waals surface area contributed by atoms with Gasteiger partial charge in [-0.25, -0.2) is 0 Å². The molecule has 2 aromatic rings. The van der Waals surface area contributed by atoms with Gasteiger partial charge in [0.2, 0.25) is 0 Å². The van der Waals surface area contributed by atoms with Gasteiger partial charge in [-0.2, -0.15) is 4.91 Å². The number of aliphatic carboxylic acids is 1. The third-order valence-corrected chi connectivity index (χ3v) is 3.16. The van der Waals surface area contributed by atoms with Gasteiger partial charge in [-0.15, -0.1) is 0 Å². The van der Waals surface area contributed by atoms with Crippen LogP contribution in [0, 0.1) is 4.91 Å². The van der Waals surface area contributed by atoms with E-state index in [1.54, 1.807) is 12.1 Å². The van der Waals surface area contributed by atoms with Gasteiger partial charge in [-0.05, 0) is 18.6 Å². The van der Waals surface area contributed by atoms with Crippen LogP contribution < -0.4 is 0 Å². The quantitative estimate of drug-likeness (QED) is 0.825. The fourth-order valence-corrected chi connectivity index (χ4v) is 1.92. The molecule has 108 valence electrons. The number of hydrogen-bond donors (Lipinski definition) is 1. The summed E-state index contributed by atoms with van der Waals surface area (Å²) < 4.78 is 0. The minimum atomic E-state index is -0.977. The van der Waals surface area contributed by atoms with Gasteiger partial charge in [0, 0.05) is 17.0 Å². The fourth-order valence-electron chi connectivity index (χ4n) is 1.79. The summed E-state index contributed by atoms with van der Waals surface area (Å²) in [6.45, 7) is 0. The zero-order valence-corrected chi connectivity index (χ0v) is 11.7. The first kappa shape index (κ1) is 15.1. The van der Waals surface area contributed by atoms with Crippen LogP contribution in [0.5, 0.6) is 0 Å². The normalized spacial score (nSPS) is 11.9. The maximum Gasteiger partial charge on any atom is 0.303 e. The third-order valence-electron chi connectivity index (χ3n) is 2.91. The van der Waals surface area contributed by atoms with E-state index in [1.807, 2.05) is 12.1 Å². The van der Waals surface area contributed by atoms with E-state index in [0.717, 1.165) is 5.56 Å². The van der Waals surface area contributed by atoms with Gasteiger partial charge in [0.1, 0.15) is 6.04 Å². The summed E-state index contributed by atoms with van der Waals surface area (Å²) >= 11 is 5.81. The molecule has 1 aromatic heterocycles. The number of halogens is 1. The van der Waals surface area contributed by atoms with Gasteiger partial charge in [0.05, 0.1) is 23.8 Å². The summed E-state index contributed by atoms with van der Waals surface area (Å²) in [7, 11) is 0. The van der Waals surface area contributed by atoms with Gasteiger partial charge < -0.3 is 5.11 Å². The number of nitrogens with zero attached hydrogens (tertiary/aromatic N) is 3. The predicted molar refractivity (Wildman–Crippen MR) is 77.9 cm³/mol. The molecule has 0 aliphatic heterocycles. The summed E-state index contributed by atoms with van der Waals surface area (Å²) in [6.07, 6.45) is 2.93. The van der Waals surface area contributed by atoms with E-state index in [4.69, 9.17) is 16.7 Å².